The van der Waals surface area contributed by atoms with Gasteiger partial charge in [0.05, 0.1) is 12.7 Å². The standard InChI is InChI=1S/C14H21FN2O/c1-3-17-4-5-18-14(10-17)9-16-13-7-11(2)6-12(15)8-13/h6-8,14,16H,3-5,9-10H2,1-2H3. The fraction of sp³-hybridized carbons (Fsp3) is 0.571. The lowest BCUT2D eigenvalue weighted by Gasteiger charge is -2.32. The van der Waals surface area contributed by atoms with E-state index >= 15 is 0 Å². The Hall–Kier alpha value is -1.13. The molecule has 1 aliphatic rings. The highest BCUT2D eigenvalue weighted by Gasteiger charge is 2.18. The van der Waals surface area contributed by atoms with Crippen molar-refractivity contribution in [2.24, 2.45) is 0 Å². The number of rotatable bonds is 4. The third kappa shape index (κ3) is 3.68. The van der Waals surface area contributed by atoms with Crippen LogP contribution < -0.4 is 5.32 Å². The van der Waals surface area contributed by atoms with Gasteiger partial charge in [-0.05, 0) is 37.2 Å². The normalized spacial score (nSPS) is 20.9. The van der Waals surface area contributed by atoms with Gasteiger partial charge < -0.3 is 10.1 Å². The third-order valence-electron chi connectivity index (χ3n) is 3.25. The Morgan fingerprint density at radius 1 is 1.44 bits per heavy atom. The molecular weight excluding hydrogens is 231 g/mol. The van der Waals surface area contributed by atoms with E-state index in [0.29, 0.717) is 0 Å². The smallest absolute Gasteiger partial charge is 0.125 e. The number of aryl methyl sites for hydroxylation is 1. The Labute approximate surface area is 108 Å². The molecule has 100 valence electrons. The average Bonchev–Trinajstić information content (AvgIpc) is 2.35. The second-order valence-electron chi connectivity index (χ2n) is 4.78. The molecule has 1 N–H and O–H groups in total. The van der Waals surface area contributed by atoms with Crippen LogP contribution in [0, 0.1) is 12.7 Å². The van der Waals surface area contributed by atoms with E-state index in [1.165, 1.54) is 12.1 Å². The Kier molecular flexibility index (Phi) is 4.55. The highest BCUT2D eigenvalue weighted by Crippen LogP contribution is 2.14. The van der Waals surface area contributed by atoms with Crippen molar-refractivity contribution in [1.82, 2.24) is 4.90 Å². The quantitative estimate of drug-likeness (QED) is 0.889. The topological polar surface area (TPSA) is 24.5 Å². The summed E-state index contributed by atoms with van der Waals surface area (Å²) in [4.78, 5) is 2.37. The second-order valence-corrected chi connectivity index (χ2v) is 4.78. The van der Waals surface area contributed by atoms with Gasteiger partial charge in [-0.1, -0.05) is 6.92 Å². The van der Waals surface area contributed by atoms with Crippen molar-refractivity contribution in [3.63, 3.8) is 0 Å². The van der Waals surface area contributed by atoms with Crippen LogP contribution in [0.3, 0.4) is 0 Å². The van der Waals surface area contributed by atoms with Crippen LogP contribution in [0.5, 0.6) is 0 Å². The molecule has 1 unspecified atom stereocenters. The summed E-state index contributed by atoms with van der Waals surface area (Å²) < 4.78 is 18.9. The summed E-state index contributed by atoms with van der Waals surface area (Å²) in [6.07, 6.45) is 0.183. The summed E-state index contributed by atoms with van der Waals surface area (Å²) >= 11 is 0. The zero-order valence-corrected chi connectivity index (χ0v) is 11.1. The molecule has 0 radical (unpaired) electrons. The number of hydrogen-bond donors (Lipinski definition) is 1. The minimum atomic E-state index is -0.197. The van der Waals surface area contributed by atoms with E-state index in [1.807, 2.05) is 13.0 Å². The summed E-state index contributed by atoms with van der Waals surface area (Å²) in [5.74, 6) is -0.197. The molecule has 2 rings (SSSR count). The van der Waals surface area contributed by atoms with Gasteiger partial charge >= 0.3 is 0 Å². The number of nitrogens with zero attached hydrogens (tertiary/aromatic N) is 1. The first-order chi connectivity index (χ1) is 8.67. The van der Waals surface area contributed by atoms with Gasteiger partial charge in [-0.25, -0.2) is 4.39 Å². The van der Waals surface area contributed by atoms with E-state index in [-0.39, 0.29) is 11.9 Å². The van der Waals surface area contributed by atoms with E-state index in [0.717, 1.165) is 44.0 Å². The number of anilines is 1. The monoisotopic (exact) mass is 252 g/mol. The highest BCUT2D eigenvalue weighted by molar-refractivity contribution is 5.46. The van der Waals surface area contributed by atoms with Crippen molar-refractivity contribution < 1.29 is 9.13 Å². The Morgan fingerprint density at radius 3 is 3.00 bits per heavy atom. The molecule has 0 bridgehead atoms. The fourth-order valence-corrected chi connectivity index (χ4v) is 2.26. The van der Waals surface area contributed by atoms with E-state index in [1.54, 1.807) is 0 Å². The molecule has 0 amide bonds. The molecule has 18 heavy (non-hydrogen) atoms. The predicted octanol–water partition coefficient (Wildman–Crippen LogP) is 2.27. The van der Waals surface area contributed by atoms with Gasteiger partial charge in [-0.3, -0.25) is 4.90 Å². The van der Waals surface area contributed by atoms with E-state index in [4.69, 9.17) is 4.74 Å². The van der Waals surface area contributed by atoms with Crippen LogP contribution in [0.2, 0.25) is 0 Å². The number of ether oxygens (including phenoxy) is 1. The Bertz CT molecular complexity index is 377. The maximum absolute atomic E-state index is 13.2. The van der Waals surface area contributed by atoms with Crippen molar-refractivity contribution in [2.45, 2.75) is 20.0 Å². The summed E-state index contributed by atoms with van der Waals surface area (Å²) in [6.45, 7) is 8.56. The molecular formula is C14H21FN2O. The molecule has 0 aliphatic carbocycles. The predicted molar refractivity (Wildman–Crippen MR) is 71.5 cm³/mol. The summed E-state index contributed by atoms with van der Waals surface area (Å²) in [7, 11) is 0. The van der Waals surface area contributed by atoms with Crippen molar-refractivity contribution in [2.75, 3.05) is 38.1 Å². The van der Waals surface area contributed by atoms with Crippen molar-refractivity contribution in [1.29, 1.82) is 0 Å². The van der Waals surface area contributed by atoms with Gasteiger partial charge in [0.1, 0.15) is 5.82 Å². The van der Waals surface area contributed by atoms with Crippen LogP contribution in [-0.4, -0.2) is 43.8 Å². The fourth-order valence-electron chi connectivity index (χ4n) is 2.26. The van der Waals surface area contributed by atoms with Crippen molar-refractivity contribution in [3.05, 3.63) is 29.6 Å². The van der Waals surface area contributed by atoms with Gasteiger partial charge in [-0.2, -0.15) is 0 Å². The van der Waals surface area contributed by atoms with Crippen LogP contribution in [0.15, 0.2) is 18.2 Å². The molecule has 1 aliphatic heterocycles. The highest BCUT2D eigenvalue weighted by atomic mass is 19.1. The molecule has 0 spiro atoms. The summed E-state index contributed by atoms with van der Waals surface area (Å²) in [6, 6.07) is 5.00. The molecule has 0 saturated carbocycles. The zero-order valence-electron chi connectivity index (χ0n) is 11.1. The molecule has 1 heterocycles. The Balaban J connectivity index is 1.87. The van der Waals surface area contributed by atoms with Crippen molar-refractivity contribution in [3.8, 4) is 0 Å². The molecule has 1 aromatic rings. The number of morpholine rings is 1. The molecule has 1 atom stereocenters. The number of likely N-dealkylation sites (N-methyl/N-ethyl adjacent to an activating group) is 1. The SMILES string of the molecule is CCN1CCOC(CNc2cc(C)cc(F)c2)C1. The van der Waals surface area contributed by atoms with Crippen molar-refractivity contribution >= 4 is 5.69 Å². The number of nitrogens with one attached hydrogen (secondary N) is 1. The first-order valence-corrected chi connectivity index (χ1v) is 6.52. The minimum absolute atomic E-state index is 0.183. The lowest BCUT2D eigenvalue weighted by atomic mass is 10.2. The van der Waals surface area contributed by atoms with Crippen LogP contribution in [0.4, 0.5) is 10.1 Å². The molecule has 1 saturated heterocycles. The maximum atomic E-state index is 13.2. The lowest BCUT2D eigenvalue weighted by molar-refractivity contribution is -0.0191. The number of benzene rings is 1. The van der Waals surface area contributed by atoms with Gasteiger partial charge in [0.25, 0.3) is 0 Å². The van der Waals surface area contributed by atoms with E-state index in [2.05, 4.69) is 17.1 Å². The van der Waals surface area contributed by atoms with E-state index in [9.17, 15) is 4.39 Å². The summed E-state index contributed by atoms with van der Waals surface area (Å²) in [5.41, 5.74) is 1.75. The zero-order chi connectivity index (χ0) is 13.0. The van der Waals surface area contributed by atoms with Gasteiger partial charge in [0, 0.05) is 25.3 Å². The number of halogens is 1. The van der Waals surface area contributed by atoms with Gasteiger partial charge in [-0.15, -0.1) is 0 Å². The largest absolute Gasteiger partial charge is 0.382 e. The van der Waals surface area contributed by atoms with Crippen LogP contribution in [0.1, 0.15) is 12.5 Å². The van der Waals surface area contributed by atoms with Crippen LogP contribution in [0.25, 0.3) is 0 Å². The third-order valence-corrected chi connectivity index (χ3v) is 3.25. The first kappa shape index (κ1) is 13.3. The molecule has 0 aromatic heterocycles. The Morgan fingerprint density at radius 2 is 2.28 bits per heavy atom. The second kappa shape index (κ2) is 6.16. The molecule has 1 aromatic carbocycles. The molecule has 1 fully saturated rings. The first-order valence-electron chi connectivity index (χ1n) is 6.52. The average molecular weight is 252 g/mol. The minimum Gasteiger partial charge on any atom is -0.382 e. The van der Waals surface area contributed by atoms with Gasteiger partial charge in [0.2, 0.25) is 0 Å². The molecule has 4 heteroatoms. The van der Waals surface area contributed by atoms with Gasteiger partial charge in [0.15, 0.2) is 0 Å². The lowest BCUT2D eigenvalue weighted by Crippen LogP contribution is -2.45. The summed E-state index contributed by atoms with van der Waals surface area (Å²) in [5, 5.41) is 3.25. The van der Waals surface area contributed by atoms with E-state index < -0.39 is 0 Å². The number of hydrogen-bond acceptors (Lipinski definition) is 3. The maximum Gasteiger partial charge on any atom is 0.125 e. The van der Waals surface area contributed by atoms with Crippen LogP contribution in [-0.2, 0) is 4.74 Å². The van der Waals surface area contributed by atoms with Crippen LogP contribution >= 0.6 is 0 Å². The molecule has 3 nitrogen and oxygen atoms in total.